The van der Waals surface area contributed by atoms with Crippen LogP contribution >= 0.6 is 0 Å². The SMILES string of the molecule is O=S(=O)(F)CC1OCCC12CCOC2. The Morgan fingerprint density at radius 3 is 2.64 bits per heavy atom. The first-order valence-electron chi connectivity index (χ1n) is 4.64. The fraction of sp³-hybridized carbons (Fsp3) is 1.00. The van der Waals surface area contributed by atoms with E-state index in [0.29, 0.717) is 19.8 Å². The fourth-order valence-corrected chi connectivity index (χ4v) is 3.03. The molecule has 6 heteroatoms. The van der Waals surface area contributed by atoms with Crippen LogP contribution in [-0.2, 0) is 19.7 Å². The summed E-state index contributed by atoms with van der Waals surface area (Å²) in [5, 5.41) is 0. The van der Waals surface area contributed by atoms with Crippen molar-refractivity contribution in [1.29, 1.82) is 0 Å². The Balaban J connectivity index is 2.11. The van der Waals surface area contributed by atoms with Crippen LogP contribution in [0, 0.1) is 5.41 Å². The lowest BCUT2D eigenvalue weighted by molar-refractivity contribution is 0.0554. The highest BCUT2D eigenvalue weighted by Gasteiger charge is 2.48. The highest BCUT2D eigenvalue weighted by atomic mass is 32.3. The molecule has 0 amide bonds. The summed E-state index contributed by atoms with van der Waals surface area (Å²) in [5.74, 6) is -0.531. The van der Waals surface area contributed by atoms with Crippen LogP contribution in [0.25, 0.3) is 0 Å². The molecule has 2 rings (SSSR count). The van der Waals surface area contributed by atoms with Gasteiger partial charge in [-0.05, 0) is 12.8 Å². The molecule has 0 aliphatic carbocycles. The normalized spacial score (nSPS) is 38.2. The molecule has 2 heterocycles. The Bertz CT molecular complexity index is 302. The smallest absolute Gasteiger partial charge is 0.304 e. The average Bonchev–Trinajstić information content (AvgIpc) is 2.62. The lowest BCUT2D eigenvalue weighted by atomic mass is 9.81. The maximum absolute atomic E-state index is 12.5. The van der Waals surface area contributed by atoms with Crippen molar-refractivity contribution in [3.05, 3.63) is 0 Å². The largest absolute Gasteiger partial charge is 0.381 e. The van der Waals surface area contributed by atoms with Gasteiger partial charge in [0.05, 0.1) is 12.7 Å². The Labute approximate surface area is 82.6 Å². The van der Waals surface area contributed by atoms with Crippen LogP contribution in [0.15, 0.2) is 0 Å². The zero-order valence-corrected chi connectivity index (χ0v) is 8.56. The van der Waals surface area contributed by atoms with Gasteiger partial charge in [0.25, 0.3) is 0 Å². The third kappa shape index (κ3) is 1.92. The average molecular weight is 224 g/mol. The molecule has 0 aromatic carbocycles. The van der Waals surface area contributed by atoms with E-state index in [4.69, 9.17) is 9.47 Å². The van der Waals surface area contributed by atoms with E-state index in [2.05, 4.69) is 0 Å². The quantitative estimate of drug-likeness (QED) is 0.640. The van der Waals surface area contributed by atoms with Crippen molar-refractivity contribution in [3.63, 3.8) is 0 Å². The van der Waals surface area contributed by atoms with Gasteiger partial charge in [0.15, 0.2) is 0 Å². The van der Waals surface area contributed by atoms with E-state index >= 15 is 0 Å². The van der Waals surface area contributed by atoms with Gasteiger partial charge in [-0.25, -0.2) is 0 Å². The summed E-state index contributed by atoms with van der Waals surface area (Å²) >= 11 is 0. The van der Waals surface area contributed by atoms with E-state index in [9.17, 15) is 12.3 Å². The molecule has 2 saturated heterocycles. The Morgan fingerprint density at radius 2 is 2.07 bits per heavy atom. The van der Waals surface area contributed by atoms with Gasteiger partial charge in [0, 0.05) is 18.6 Å². The summed E-state index contributed by atoms with van der Waals surface area (Å²) in [6.45, 7) is 1.61. The summed E-state index contributed by atoms with van der Waals surface area (Å²) < 4.78 is 44.1. The molecule has 2 atom stereocenters. The lowest BCUT2D eigenvalue weighted by Crippen LogP contribution is -2.36. The molecule has 0 saturated carbocycles. The molecule has 82 valence electrons. The second-order valence-electron chi connectivity index (χ2n) is 3.98. The topological polar surface area (TPSA) is 52.6 Å². The van der Waals surface area contributed by atoms with Crippen LogP contribution in [-0.4, -0.2) is 40.1 Å². The van der Waals surface area contributed by atoms with Crippen molar-refractivity contribution in [2.24, 2.45) is 5.41 Å². The first kappa shape index (κ1) is 10.3. The number of hydrogen-bond acceptors (Lipinski definition) is 4. The summed E-state index contributed by atoms with van der Waals surface area (Å²) in [5.41, 5.74) is -0.251. The standard InChI is InChI=1S/C8H13FO4S/c9-14(10,11)5-7-8(2-4-13-7)1-3-12-6-8/h7H,1-6H2. The minimum Gasteiger partial charge on any atom is -0.381 e. The van der Waals surface area contributed by atoms with E-state index < -0.39 is 22.1 Å². The van der Waals surface area contributed by atoms with Gasteiger partial charge >= 0.3 is 10.2 Å². The first-order valence-corrected chi connectivity index (χ1v) is 6.19. The van der Waals surface area contributed by atoms with Crippen LogP contribution in [0.1, 0.15) is 12.8 Å². The molecule has 2 aliphatic rings. The van der Waals surface area contributed by atoms with E-state index in [-0.39, 0.29) is 5.41 Å². The molecule has 0 aromatic rings. The lowest BCUT2D eigenvalue weighted by Gasteiger charge is -2.26. The van der Waals surface area contributed by atoms with E-state index in [0.717, 1.165) is 12.8 Å². The Hall–Kier alpha value is -0.200. The Morgan fingerprint density at radius 1 is 1.36 bits per heavy atom. The van der Waals surface area contributed by atoms with Gasteiger partial charge in [-0.1, -0.05) is 0 Å². The summed E-state index contributed by atoms with van der Waals surface area (Å²) in [6.07, 6.45) is 1.01. The summed E-state index contributed by atoms with van der Waals surface area (Å²) in [4.78, 5) is 0. The van der Waals surface area contributed by atoms with Gasteiger partial charge in [-0.15, -0.1) is 3.89 Å². The second kappa shape index (κ2) is 3.43. The van der Waals surface area contributed by atoms with Crippen LogP contribution < -0.4 is 0 Å². The van der Waals surface area contributed by atoms with Gasteiger partial charge < -0.3 is 9.47 Å². The van der Waals surface area contributed by atoms with Crippen molar-refractivity contribution in [2.45, 2.75) is 18.9 Å². The molecule has 0 radical (unpaired) electrons. The summed E-state index contributed by atoms with van der Waals surface area (Å²) in [7, 11) is -4.45. The van der Waals surface area contributed by atoms with E-state index in [1.54, 1.807) is 0 Å². The number of hydrogen-bond donors (Lipinski definition) is 0. The zero-order valence-electron chi connectivity index (χ0n) is 7.74. The van der Waals surface area contributed by atoms with Gasteiger partial charge in [0.1, 0.15) is 5.75 Å². The van der Waals surface area contributed by atoms with Crippen LogP contribution in [0.4, 0.5) is 3.89 Å². The molecule has 0 bridgehead atoms. The highest BCUT2D eigenvalue weighted by Crippen LogP contribution is 2.42. The highest BCUT2D eigenvalue weighted by molar-refractivity contribution is 7.86. The predicted octanol–water partition coefficient (Wildman–Crippen LogP) is 0.481. The molecule has 1 spiro atoms. The van der Waals surface area contributed by atoms with Crippen molar-refractivity contribution in [2.75, 3.05) is 25.6 Å². The molecule has 14 heavy (non-hydrogen) atoms. The molecular formula is C8H13FO4S. The van der Waals surface area contributed by atoms with Gasteiger partial charge in [0.2, 0.25) is 0 Å². The number of ether oxygens (including phenoxy) is 2. The van der Waals surface area contributed by atoms with E-state index in [1.807, 2.05) is 0 Å². The molecule has 0 N–H and O–H groups in total. The monoisotopic (exact) mass is 224 g/mol. The minimum absolute atomic E-state index is 0.251. The van der Waals surface area contributed by atoms with Gasteiger partial charge in [-0.3, -0.25) is 0 Å². The molecule has 2 unspecified atom stereocenters. The molecule has 2 fully saturated rings. The minimum atomic E-state index is -4.45. The van der Waals surface area contributed by atoms with Crippen molar-refractivity contribution in [3.8, 4) is 0 Å². The van der Waals surface area contributed by atoms with Crippen LogP contribution in [0.2, 0.25) is 0 Å². The van der Waals surface area contributed by atoms with Crippen LogP contribution in [0.3, 0.4) is 0 Å². The van der Waals surface area contributed by atoms with Crippen LogP contribution in [0.5, 0.6) is 0 Å². The third-order valence-electron chi connectivity index (χ3n) is 3.09. The van der Waals surface area contributed by atoms with Crippen molar-refractivity contribution >= 4 is 10.2 Å². The second-order valence-corrected chi connectivity index (χ2v) is 5.39. The Kier molecular flexibility index (Phi) is 2.53. The fourth-order valence-electron chi connectivity index (χ4n) is 2.22. The molecule has 4 nitrogen and oxygen atoms in total. The predicted molar refractivity (Wildman–Crippen MR) is 47.1 cm³/mol. The first-order chi connectivity index (χ1) is 6.52. The number of rotatable bonds is 2. The van der Waals surface area contributed by atoms with Crippen molar-refractivity contribution < 1.29 is 21.8 Å². The molecular weight excluding hydrogens is 211 g/mol. The summed E-state index contributed by atoms with van der Waals surface area (Å²) in [6, 6.07) is 0. The number of halogens is 1. The van der Waals surface area contributed by atoms with Crippen molar-refractivity contribution in [1.82, 2.24) is 0 Å². The maximum atomic E-state index is 12.5. The van der Waals surface area contributed by atoms with Gasteiger partial charge in [-0.2, -0.15) is 8.42 Å². The molecule has 2 aliphatic heterocycles. The molecule has 0 aromatic heterocycles. The maximum Gasteiger partial charge on any atom is 0.304 e. The third-order valence-corrected chi connectivity index (χ3v) is 3.79. The van der Waals surface area contributed by atoms with E-state index in [1.165, 1.54) is 0 Å². The zero-order chi connectivity index (χ0) is 10.2.